The van der Waals surface area contributed by atoms with Gasteiger partial charge in [-0.3, -0.25) is 4.90 Å². The Morgan fingerprint density at radius 3 is 2.64 bits per heavy atom. The van der Waals surface area contributed by atoms with Crippen molar-refractivity contribution in [1.82, 2.24) is 24.6 Å². The standard InChI is InChI=1S/C19H29N5O/c1-23(13-18-21-19(25-22-18)15-7-5-6-8-15)12-17-11-20-14-24(17)16-9-3-2-4-10-16/h11,14-16H,2-10,12-13H2,1H3. The van der Waals surface area contributed by atoms with Crippen molar-refractivity contribution in [2.75, 3.05) is 7.05 Å². The summed E-state index contributed by atoms with van der Waals surface area (Å²) < 4.78 is 7.88. The van der Waals surface area contributed by atoms with E-state index in [9.17, 15) is 0 Å². The lowest BCUT2D eigenvalue weighted by molar-refractivity contribution is 0.278. The average molecular weight is 343 g/mol. The summed E-state index contributed by atoms with van der Waals surface area (Å²) in [7, 11) is 2.11. The van der Waals surface area contributed by atoms with Gasteiger partial charge in [0.25, 0.3) is 0 Å². The second-order valence-electron chi connectivity index (χ2n) is 7.79. The van der Waals surface area contributed by atoms with Crippen LogP contribution in [0.3, 0.4) is 0 Å². The van der Waals surface area contributed by atoms with Crippen LogP contribution >= 0.6 is 0 Å². The molecule has 0 radical (unpaired) electrons. The molecule has 2 aromatic heterocycles. The molecular weight excluding hydrogens is 314 g/mol. The summed E-state index contributed by atoms with van der Waals surface area (Å²) >= 11 is 0. The van der Waals surface area contributed by atoms with Crippen molar-refractivity contribution in [1.29, 1.82) is 0 Å². The molecule has 0 amide bonds. The molecule has 0 bridgehead atoms. The smallest absolute Gasteiger partial charge is 0.229 e. The Labute approximate surface area is 149 Å². The van der Waals surface area contributed by atoms with E-state index in [0.29, 0.717) is 18.5 Å². The van der Waals surface area contributed by atoms with Crippen molar-refractivity contribution < 1.29 is 4.52 Å². The van der Waals surface area contributed by atoms with Gasteiger partial charge < -0.3 is 9.09 Å². The summed E-state index contributed by atoms with van der Waals surface area (Å²) in [4.78, 5) is 11.3. The minimum absolute atomic E-state index is 0.485. The van der Waals surface area contributed by atoms with Gasteiger partial charge in [-0.05, 0) is 32.7 Å². The minimum atomic E-state index is 0.485. The Hall–Kier alpha value is -1.69. The van der Waals surface area contributed by atoms with Gasteiger partial charge in [-0.15, -0.1) is 0 Å². The molecule has 2 saturated carbocycles. The molecule has 2 aliphatic carbocycles. The van der Waals surface area contributed by atoms with Crippen LogP contribution in [0.4, 0.5) is 0 Å². The molecule has 6 heteroatoms. The first-order chi connectivity index (χ1) is 12.3. The van der Waals surface area contributed by atoms with Crippen molar-refractivity contribution in [3.63, 3.8) is 0 Å². The van der Waals surface area contributed by atoms with Gasteiger partial charge in [-0.2, -0.15) is 4.98 Å². The first-order valence-corrected chi connectivity index (χ1v) is 9.81. The third-order valence-corrected chi connectivity index (χ3v) is 5.75. The topological polar surface area (TPSA) is 60.0 Å². The first kappa shape index (κ1) is 16.8. The maximum absolute atomic E-state index is 5.50. The van der Waals surface area contributed by atoms with Gasteiger partial charge in [-0.25, -0.2) is 4.98 Å². The highest BCUT2D eigenvalue weighted by Gasteiger charge is 2.23. The number of imidazole rings is 1. The summed E-state index contributed by atoms with van der Waals surface area (Å²) in [6.07, 6.45) is 15.6. The van der Waals surface area contributed by atoms with Crippen LogP contribution in [-0.4, -0.2) is 31.6 Å². The molecule has 25 heavy (non-hydrogen) atoms. The Morgan fingerprint density at radius 1 is 1.08 bits per heavy atom. The third kappa shape index (κ3) is 3.94. The molecule has 0 spiro atoms. The van der Waals surface area contributed by atoms with Gasteiger partial charge in [0.2, 0.25) is 5.89 Å². The van der Waals surface area contributed by atoms with E-state index in [4.69, 9.17) is 4.52 Å². The SMILES string of the molecule is CN(Cc1noc(C2CCCC2)n1)Cc1cncn1C1CCCCC1. The average Bonchev–Trinajstić information content (AvgIpc) is 3.37. The van der Waals surface area contributed by atoms with Crippen molar-refractivity contribution in [3.8, 4) is 0 Å². The van der Waals surface area contributed by atoms with Crippen LogP contribution in [0, 0.1) is 0 Å². The summed E-state index contributed by atoms with van der Waals surface area (Å²) in [6.45, 7) is 1.58. The highest BCUT2D eigenvalue weighted by molar-refractivity contribution is 5.02. The molecule has 6 nitrogen and oxygen atoms in total. The molecule has 0 aliphatic heterocycles. The highest BCUT2D eigenvalue weighted by atomic mass is 16.5. The zero-order chi connectivity index (χ0) is 17.1. The van der Waals surface area contributed by atoms with Crippen molar-refractivity contribution in [2.45, 2.75) is 82.8 Å². The molecule has 136 valence electrons. The van der Waals surface area contributed by atoms with Gasteiger partial charge in [0.1, 0.15) is 0 Å². The zero-order valence-electron chi connectivity index (χ0n) is 15.2. The zero-order valence-corrected chi connectivity index (χ0v) is 15.2. The molecule has 2 aromatic rings. The largest absolute Gasteiger partial charge is 0.339 e. The second kappa shape index (κ2) is 7.68. The van der Waals surface area contributed by atoms with E-state index in [-0.39, 0.29) is 0 Å². The van der Waals surface area contributed by atoms with Gasteiger partial charge in [0.05, 0.1) is 18.6 Å². The van der Waals surface area contributed by atoms with E-state index in [1.54, 1.807) is 0 Å². The number of rotatable bonds is 6. The number of hydrogen-bond donors (Lipinski definition) is 0. The fourth-order valence-corrected chi connectivity index (χ4v) is 4.39. The predicted molar refractivity (Wildman–Crippen MR) is 95.0 cm³/mol. The van der Waals surface area contributed by atoms with Crippen LogP contribution in [-0.2, 0) is 13.1 Å². The molecule has 0 aromatic carbocycles. The van der Waals surface area contributed by atoms with E-state index in [1.807, 2.05) is 12.5 Å². The Balaban J connectivity index is 1.36. The molecular formula is C19H29N5O. The summed E-state index contributed by atoms with van der Waals surface area (Å²) in [5.74, 6) is 2.13. The van der Waals surface area contributed by atoms with E-state index in [0.717, 1.165) is 18.3 Å². The predicted octanol–water partition coefficient (Wildman–Crippen LogP) is 4.06. The second-order valence-corrected chi connectivity index (χ2v) is 7.79. The van der Waals surface area contributed by atoms with Crippen molar-refractivity contribution >= 4 is 0 Å². The van der Waals surface area contributed by atoms with E-state index in [1.165, 1.54) is 63.5 Å². The Kier molecular flexibility index (Phi) is 5.15. The maximum atomic E-state index is 5.50. The van der Waals surface area contributed by atoms with Crippen LogP contribution in [0.1, 0.15) is 87.2 Å². The van der Waals surface area contributed by atoms with Crippen LogP contribution in [0.25, 0.3) is 0 Å². The highest BCUT2D eigenvalue weighted by Crippen LogP contribution is 2.33. The lowest BCUT2D eigenvalue weighted by atomic mass is 9.95. The summed E-state index contributed by atoms with van der Waals surface area (Å²) in [6, 6.07) is 0.624. The number of hydrogen-bond acceptors (Lipinski definition) is 5. The number of aromatic nitrogens is 4. The molecule has 0 unspecified atom stereocenters. The normalized spacial score (nSPS) is 19.9. The Bertz CT molecular complexity index is 667. The molecule has 2 fully saturated rings. The van der Waals surface area contributed by atoms with Crippen molar-refractivity contribution in [2.24, 2.45) is 0 Å². The summed E-state index contributed by atoms with van der Waals surface area (Å²) in [5.41, 5.74) is 1.29. The fraction of sp³-hybridized carbons (Fsp3) is 0.737. The van der Waals surface area contributed by atoms with Gasteiger partial charge >= 0.3 is 0 Å². The van der Waals surface area contributed by atoms with Crippen LogP contribution < -0.4 is 0 Å². The Morgan fingerprint density at radius 2 is 1.84 bits per heavy atom. The van der Waals surface area contributed by atoms with E-state index >= 15 is 0 Å². The van der Waals surface area contributed by atoms with E-state index in [2.05, 4.69) is 31.6 Å². The third-order valence-electron chi connectivity index (χ3n) is 5.75. The molecule has 0 N–H and O–H groups in total. The molecule has 4 rings (SSSR count). The molecule has 2 aliphatic rings. The van der Waals surface area contributed by atoms with Gasteiger partial charge in [0.15, 0.2) is 5.82 Å². The lowest BCUT2D eigenvalue weighted by Crippen LogP contribution is -2.22. The first-order valence-electron chi connectivity index (χ1n) is 9.81. The molecule has 0 saturated heterocycles. The molecule has 2 heterocycles. The van der Waals surface area contributed by atoms with Crippen LogP contribution in [0.15, 0.2) is 17.0 Å². The van der Waals surface area contributed by atoms with Crippen LogP contribution in [0.2, 0.25) is 0 Å². The number of nitrogens with zero attached hydrogens (tertiary/aromatic N) is 5. The minimum Gasteiger partial charge on any atom is -0.339 e. The van der Waals surface area contributed by atoms with E-state index < -0.39 is 0 Å². The van der Waals surface area contributed by atoms with Gasteiger partial charge in [-0.1, -0.05) is 37.3 Å². The fourth-order valence-electron chi connectivity index (χ4n) is 4.39. The summed E-state index contributed by atoms with van der Waals surface area (Å²) in [5, 5.41) is 4.19. The van der Waals surface area contributed by atoms with Gasteiger partial charge in [0, 0.05) is 24.7 Å². The monoisotopic (exact) mass is 343 g/mol. The molecule has 0 atom stereocenters. The maximum Gasteiger partial charge on any atom is 0.229 e. The lowest BCUT2D eigenvalue weighted by Gasteiger charge is -2.26. The van der Waals surface area contributed by atoms with Crippen molar-refractivity contribution in [3.05, 3.63) is 29.9 Å². The van der Waals surface area contributed by atoms with Crippen LogP contribution in [0.5, 0.6) is 0 Å². The quantitative estimate of drug-likeness (QED) is 0.791.